The highest BCUT2D eigenvalue weighted by molar-refractivity contribution is 7.92. The summed E-state index contributed by atoms with van der Waals surface area (Å²) in [7, 11) is -4.18. The first-order chi connectivity index (χ1) is 22.7. The lowest BCUT2D eigenvalue weighted by Crippen LogP contribution is -2.54. The van der Waals surface area contributed by atoms with Crippen LogP contribution in [0, 0.1) is 0 Å². The number of hydrogen-bond acceptors (Lipinski definition) is 4. The van der Waals surface area contributed by atoms with Gasteiger partial charge in [0.05, 0.1) is 20.6 Å². The summed E-state index contributed by atoms with van der Waals surface area (Å²) in [6.07, 6.45) is 4.61. The summed E-state index contributed by atoms with van der Waals surface area (Å²) >= 11 is 12.6. The standard InChI is InChI=1S/C37H39Cl2N3O4S/c1-2-29-15-9-12-20-34(29)42(47(45,46)31-18-7-4-8-19-31)26-36(43)41(25-28-21-22-32(38)33(39)23-28)35(24-27-13-5-3-6-14-27)37(44)40-30-16-10-11-17-30/h3-9,12-15,18-23,30,35H,2,10-11,16-17,24-26H2,1H3,(H,40,44)/t35-/m1/s1. The van der Waals surface area contributed by atoms with Gasteiger partial charge in [0, 0.05) is 19.0 Å². The predicted octanol–water partition coefficient (Wildman–Crippen LogP) is 7.45. The van der Waals surface area contributed by atoms with Gasteiger partial charge in [0.25, 0.3) is 10.0 Å². The van der Waals surface area contributed by atoms with Crippen LogP contribution >= 0.6 is 23.2 Å². The van der Waals surface area contributed by atoms with Gasteiger partial charge in [0.2, 0.25) is 11.8 Å². The number of nitrogens with zero attached hydrogens (tertiary/aromatic N) is 2. The third-order valence-electron chi connectivity index (χ3n) is 8.56. The van der Waals surface area contributed by atoms with Crippen LogP contribution in [0.5, 0.6) is 0 Å². The van der Waals surface area contributed by atoms with Gasteiger partial charge >= 0.3 is 0 Å². The average Bonchev–Trinajstić information content (AvgIpc) is 3.60. The highest BCUT2D eigenvalue weighted by Gasteiger charge is 2.36. The first-order valence-corrected chi connectivity index (χ1v) is 18.1. The SMILES string of the molecule is CCc1ccccc1N(CC(=O)N(Cc1ccc(Cl)c(Cl)c1)[C@H](Cc1ccccc1)C(=O)NC1CCCC1)S(=O)(=O)c1ccccc1. The Morgan fingerprint density at radius 1 is 0.830 bits per heavy atom. The van der Waals surface area contributed by atoms with Crippen molar-refractivity contribution in [3.8, 4) is 0 Å². The number of rotatable bonds is 13. The Bertz CT molecular complexity index is 1780. The zero-order chi connectivity index (χ0) is 33.4. The molecule has 0 unspecified atom stereocenters. The summed E-state index contributed by atoms with van der Waals surface area (Å²) in [6, 6.07) is 28.9. The van der Waals surface area contributed by atoms with Crippen LogP contribution in [-0.4, -0.2) is 43.8 Å². The molecule has 0 bridgehead atoms. The summed E-state index contributed by atoms with van der Waals surface area (Å²) in [5.74, 6) is -0.801. The molecular weight excluding hydrogens is 653 g/mol. The van der Waals surface area contributed by atoms with Crippen LogP contribution in [-0.2, 0) is 39.0 Å². The van der Waals surface area contributed by atoms with E-state index in [1.165, 1.54) is 21.3 Å². The normalized spacial score (nSPS) is 14.0. The maximum absolute atomic E-state index is 14.7. The van der Waals surface area contributed by atoms with Crippen LogP contribution < -0.4 is 9.62 Å². The quantitative estimate of drug-likeness (QED) is 0.158. The second kappa shape index (κ2) is 15.8. The molecule has 4 aromatic carbocycles. The zero-order valence-corrected chi connectivity index (χ0v) is 28.6. The van der Waals surface area contributed by atoms with Gasteiger partial charge in [-0.05, 0) is 66.3 Å². The first kappa shape index (κ1) is 34.5. The minimum atomic E-state index is -4.18. The molecule has 47 heavy (non-hydrogen) atoms. The monoisotopic (exact) mass is 691 g/mol. The van der Waals surface area contributed by atoms with Crippen molar-refractivity contribution in [3.63, 3.8) is 0 Å². The Labute approximate surface area is 287 Å². The van der Waals surface area contributed by atoms with Gasteiger partial charge in [0.15, 0.2) is 0 Å². The summed E-state index contributed by atoms with van der Waals surface area (Å²) < 4.78 is 29.7. The number of halogens is 2. The number of nitrogens with one attached hydrogen (secondary N) is 1. The molecule has 1 aliphatic rings. The Balaban J connectivity index is 1.59. The Kier molecular flexibility index (Phi) is 11.6. The number of carbonyl (C=O) groups is 2. The zero-order valence-electron chi connectivity index (χ0n) is 26.3. The van der Waals surface area contributed by atoms with Gasteiger partial charge in [-0.25, -0.2) is 8.42 Å². The van der Waals surface area contributed by atoms with E-state index in [4.69, 9.17) is 23.2 Å². The van der Waals surface area contributed by atoms with Gasteiger partial charge in [-0.2, -0.15) is 0 Å². The van der Waals surface area contributed by atoms with Crippen molar-refractivity contribution >= 4 is 50.7 Å². The van der Waals surface area contributed by atoms with Crippen LogP contribution in [0.4, 0.5) is 5.69 Å². The topological polar surface area (TPSA) is 86.8 Å². The van der Waals surface area contributed by atoms with E-state index in [9.17, 15) is 18.0 Å². The van der Waals surface area contributed by atoms with Crippen molar-refractivity contribution in [1.82, 2.24) is 10.2 Å². The molecule has 2 amide bonds. The molecule has 4 aromatic rings. The van der Waals surface area contributed by atoms with E-state index in [-0.39, 0.29) is 29.8 Å². The Hall–Kier alpha value is -3.85. The molecule has 0 saturated heterocycles. The second-order valence-electron chi connectivity index (χ2n) is 11.8. The number of anilines is 1. The minimum Gasteiger partial charge on any atom is -0.352 e. The van der Waals surface area contributed by atoms with Crippen LogP contribution in [0.15, 0.2) is 108 Å². The van der Waals surface area contributed by atoms with Crippen molar-refractivity contribution in [2.75, 3.05) is 10.8 Å². The van der Waals surface area contributed by atoms with Gasteiger partial charge in [-0.1, -0.05) is 116 Å². The number of hydrogen-bond donors (Lipinski definition) is 1. The first-order valence-electron chi connectivity index (χ1n) is 15.9. The summed E-state index contributed by atoms with van der Waals surface area (Å²) in [4.78, 5) is 30.4. The molecule has 0 aliphatic heterocycles. The van der Waals surface area contributed by atoms with Crippen LogP contribution in [0.3, 0.4) is 0 Å². The fourth-order valence-electron chi connectivity index (χ4n) is 6.04. The van der Waals surface area contributed by atoms with E-state index in [1.807, 2.05) is 49.4 Å². The average molecular weight is 693 g/mol. The summed E-state index contributed by atoms with van der Waals surface area (Å²) in [6.45, 7) is 1.44. The molecule has 10 heteroatoms. The molecule has 1 atom stereocenters. The smallest absolute Gasteiger partial charge is 0.264 e. The summed E-state index contributed by atoms with van der Waals surface area (Å²) in [5, 5.41) is 3.87. The number of carbonyl (C=O) groups excluding carboxylic acids is 2. The lowest BCUT2D eigenvalue weighted by Gasteiger charge is -2.34. The minimum absolute atomic E-state index is 0.0138. The molecule has 0 radical (unpaired) electrons. The maximum Gasteiger partial charge on any atom is 0.264 e. The number of para-hydroxylation sites is 1. The van der Waals surface area contributed by atoms with Crippen molar-refractivity contribution < 1.29 is 18.0 Å². The molecule has 1 N–H and O–H groups in total. The second-order valence-corrected chi connectivity index (χ2v) is 14.4. The van der Waals surface area contributed by atoms with Crippen molar-refractivity contribution in [1.29, 1.82) is 0 Å². The molecule has 1 aliphatic carbocycles. The molecule has 5 rings (SSSR count). The predicted molar refractivity (Wildman–Crippen MR) is 188 cm³/mol. The molecule has 0 spiro atoms. The van der Waals surface area contributed by atoms with E-state index in [0.717, 1.165) is 36.8 Å². The molecule has 0 heterocycles. The largest absolute Gasteiger partial charge is 0.352 e. The van der Waals surface area contributed by atoms with E-state index in [1.54, 1.807) is 48.5 Å². The number of benzene rings is 4. The van der Waals surface area contributed by atoms with Crippen molar-refractivity contribution in [2.45, 2.75) is 69.0 Å². The highest BCUT2D eigenvalue weighted by Crippen LogP contribution is 2.29. The summed E-state index contributed by atoms with van der Waals surface area (Å²) in [5.41, 5.74) is 2.72. The van der Waals surface area contributed by atoms with Crippen LogP contribution in [0.25, 0.3) is 0 Å². The van der Waals surface area contributed by atoms with Crippen LogP contribution in [0.2, 0.25) is 10.0 Å². The third-order valence-corrected chi connectivity index (χ3v) is 11.1. The van der Waals surface area contributed by atoms with E-state index in [0.29, 0.717) is 27.7 Å². The van der Waals surface area contributed by atoms with Crippen molar-refractivity contribution in [3.05, 3.63) is 130 Å². The van der Waals surface area contributed by atoms with E-state index in [2.05, 4.69) is 5.32 Å². The number of aryl methyl sites for hydroxylation is 1. The molecular formula is C37H39Cl2N3O4S. The van der Waals surface area contributed by atoms with Gasteiger partial charge < -0.3 is 10.2 Å². The third kappa shape index (κ3) is 8.55. The Morgan fingerprint density at radius 3 is 2.13 bits per heavy atom. The molecule has 1 fully saturated rings. The fourth-order valence-corrected chi connectivity index (χ4v) is 7.84. The lowest BCUT2D eigenvalue weighted by atomic mass is 10.0. The van der Waals surface area contributed by atoms with Gasteiger partial charge in [-0.15, -0.1) is 0 Å². The van der Waals surface area contributed by atoms with Crippen molar-refractivity contribution in [2.24, 2.45) is 0 Å². The van der Waals surface area contributed by atoms with Gasteiger partial charge in [-0.3, -0.25) is 13.9 Å². The fraction of sp³-hybridized carbons (Fsp3) is 0.297. The molecule has 1 saturated carbocycles. The van der Waals surface area contributed by atoms with Gasteiger partial charge in [0.1, 0.15) is 12.6 Å². The molecule has 0 aromatic heterocycles. The molecule has 246 valence electrons. The van der Waals surface area contributed by atoms with E-state index < -0.39 is 28.5 Å². The number of amides is 2. The molecule has 7 nitrogen and oxygen atoms in total. The highest BCUT2D eigenvalue weighted by atomic mass is 35.5. The van der Waals surface area contributed by atoms with Crippen LogP contribution in [0.1, 0.15) is 49.3 Å². The van der Waals surface area contributed by atoms with E-state index >= 15 is 0 Å². The Morgan fingerprint density at radius 2 is 1.47 bits per heavy atom. The lowest BCUT2D eigenvalue weighted by molar-refractivity contribution is -0.140. The number of sulfonamides is 1. The maximum atomic E-state index is 14.7.